The van der Waals surface area contributed by atoms with E-state index in [1.165, 1.54) is 25.7 Å². The zero-order chi connectivity index (χ0) is 12.6. The topological polar surface area (TPSA) is 0 Å². The van der Waals surface area contributed by atoms with E-state index in [0.29, 0.717) is 0 Å². The van der Waals surface area contributed by atoms with Crippen LogP contribution in [0.2, 0.25) is 0 Å². The Morgan fingerprint density at radius 3 is 2.41 bits per heavy atom. The number of alkyl halides is 1. The van der Waals surface area contributed by atoms with Gasteiger partial charge in [0, 0.05) is 5.33 Å². The van der Waals surface area contributed by atoms with Crippen molar-refractivity contribution in [2.24, 2.45) is 0 Å². The van der Waals surface area contributed by atoms with Crippen molar-refractivity contribution < 1.29 is 0 Å². The van der Waals surface area contributed by atoms with Gasteiger partial charge in [0.25, 0.3) is 0 Å². The molecule has 0 N–H and O–H groups in total. The Hall–Kier alpha value is -0.520. The second-order valence-corrected chi connectivity index (χ2v) is 4.76. The molecular formula is C16H25Br. The largest absolute Gasteiger partial charge is 0.129 e. The molecule has 0 atom stereocenters. The fourth-order valence-electron chi connectivity index (χ4n) is 1.35. The molecule has 0 aromatic heterocycles. The number of halogens is 1. The molecule has 0 aliphatic rings. The maximum absolute atomic E-state index is 3.38. The van der Waals surface area contributed by atoms with Crippen molar-refractivity contribution in [2.45, 2.75) is 51.9 Å². The summed E-state index contributed by atoms with van der Waals surface area (Å²) in [6, 6.07) is 0. The number of rotatable bonds is 10. The highest BCUT2D eigenvalue weighted by Gasteiger charge is 1.80. The van der Waals surface area contributed by atoms with Crippen LogP contribution in [-0.4, -0.2) is 5.33 Å². The molecule has 0 amide bonds. The molecule has 0 radical (unpaired) electrons. The normalized spacial score (nSPS) is 10.9. The predicted molar refractivity (Wildman–Crippen MR) is 82.7 cm³/mol. The van der Waals surface area contributed by atoms with Gasteiger partial charge in [-0.2, -0.15) is 0 Å². The van der Waals surface area contributed by atoms with Crippen LogP contribution in [0.25, 0.3) is 0 Å². The SMILES string of the molecule is CCCCC/C=C\C/C=C\CC=C=CCCBr. The first-order valence-electron chi connectivity index (χ1n) is 6.67. The number of unbranched alkanes of at least 4 members (excludes halogenated alkanes) is 3. The third kappa shape index (κ3) is 15.5. The quantitative estimate of drug-likeness (QED) is 0.202. The smallest absolute Gasteiger partial charge is 0.00719 e. The van der Waals surface area contributed by atoms with E-state index in [4.69, 9.17) is 0 Å². The molecule has 0 aliphatic heterocycles. The first-order chi connectivity index (χ1) is 8.41. The van der Waals surface area contributed by atoms with E-state index in [1.54, 1.807) is 0 Å². The summed E-state index contributed by atoms with van der Waals surface area (Å²) >= 11 is 3.38. The van der Waals surface area contributed by atoms with Gasteiger partial charge in [-0.25, -0.2) is 0 Å². The Bertz CT molecular complexity index is 255. The zero-order valence-corrected chi connectivity index (χ0v) is 12.6. The molecule has 0 saturated heterocycles. The highest BCUT2D eigenvalue weighted by Crippen LogP contribution is 2.00. The lowest BCUT2D eigenvalue weighted by Crippen LogP contribution is -1.70. The summed E-state index contributed by atoms with van der Waals surface area (Å²) in [5.41, 5.74) is 3.16. The Kier molecular flexibility index (Phi) is 15.0. The molecule has 0 heterocycles. The third-order valence-corrected chi connectivity index (χ3v) is 2.78. The number of allylic oxidation sites excluding steroid dienone is 5. The van der Waals surface area contributed by atoms with E-state index < -0.39 is 0 Å². The molecule has 96 valence electrons. The summed E-state index contributed by atoms with van der Waals surface area (Å²) in [6.45, 7) is 2.24. The maximum atomic E-state index is 3.38. The molecule has 0 aromatic carbocycles. The molecule has 0 spiro atoms. The van der Waals surface area contributed by atoms with Gasteiger partial charge in [-0.15, -0.1) is 5.73 Å². The summed E-state index contributed by atoms with van der Waals surface area (Å²) in [6.07, 6.45) is 21.4. The average Bonchev–Trinajstić information content (AvgIpc) is 2.35. The van der Waals surface area contributed by atoms with Gasteiger partial charge in [0.15, 0.2) is 0 Å². The van der Waals surface area contributed by atoms with Crippen molar-refractivity contribution in [1.82, 2.24) is 0 Å². The fraction of sp³-hybridized carbons (Fsp3) is 0.562. The lowest BCUT2D eigenvalue weighted by Gasteiger charge is -1.90. The van der Waals surface area contributed by atoms with Gasteiger partial charge >= 0.3 is 0 Å². The molecule has 0 aromatic rings. The molecule has 1 heteroatoms. The van der Waals surface area contributed by atoms with Gasteiger partial charge in [0.05, 0.1) is 0 Å². The van der Waals surface area contributed by atoms with E-state index in [2.05, 4.69) is 65.0 Å². The van der Waals surface area contributed by atoms with Crippen molar-refractivity contribution in [1.29, 1.82) is 0 Å². The van der Waals surface area contributed by atoms with Gasteiger partial charge in [-0.3, -0.25) is 0 Å². The highest BCUT2D eigenvalue weighted by atomic mass is 79.9. The number of hydrogen-bond donors (Lipinski definition) is 0. The van der Waals surface area contributed by atoms with Gasteiger partial charge in [-0.05, 0) is 44.3 Å². The number of hydrogen-bond acceptors (Lipinski definition) is 0. The van der Waals surface area contributed by atoms with E-state index in [0.717, 1.165) is 24.6 Å². The molecule has 0 unspecified atom stereocenters. The second kappa shape index (κ2) is 15.5. The molecule has 0 nitrogen and oxygen atoms in total. The third-order valence-electron chi connectivity index (χ3n) is 2.32. The van der Waals surface area contributed by atoms with Crippen molar-refractivity contribution in [3.63, 3.8) is 0 Å². The van der Waals surface area contributed by atoms with Gasteiger partial charge in [0.2, 0.25) is 0 Å². The van der Waals surface area contributed by atoms with Crippen LogP contribution in [0.15, 0.2) is 42.2 Å². The molecule has 0 saturated carbocycles. The molecular weight excluding hydrogens is 272 g/mol. The predicted octanol–water partition coefficient (Wildman–Crippen LogP) is 5.96. The summed E-state index contributed by atoms with van der Waals surface area (Å²) < 4.78 is 0. The standard InChI is InChI=1S/C16H25Br/c1-2-3-4-5-6-7-8-9-10-11-12-13-14-15-16-17/h6-7,9-10,12,14H,2-5,8,11,15-16H2,1H3/b7-6-,10-9-. The van der Waals surface area contributed by atoms with Crippen molar-refractivity contribution in [2.75, 3.05) is 5.33 Å². The minimum atomic E-state index is 0.989. The van der Waals surface area contributed by atoms with E-state index in [9.17, 15) is 0 Å². The molecule has 0 aliphatic carbocycles. The lowest BCUT2D eigenvalue weighted by atomic mass is 10.2. The van der Waals surface area contributed by atoms with Crippen LogP contribution in [0.4, 0.5) is 0 Å². The highest BCUT2D eigenvalue weighted by molar-refractivity contribution is 9.09. The second-order valence-electron chi connectivity index (χ2n) is 3.96. The van der Waals surface area contributed by atoms with Crippen LogP contribution in [0.1, 0.15) is 51.9 Å². The first kappa shape index (κ1) is 16.5. The maximum Gasteiger partial charge on any atom is 0.00719 e. The van der Waals surface area contributed by atoms with Crippen LogP contribution in [0.3, 0.4) is 0 Å². The molecule has 0 bridgehead atoms. The summed E-state index contributed by atoms with van der Waals surface area (Å²) in [5.74, 6) is 0. The summed E-state index contributed by atoms with van der Waals surface area (Å²) in [7, 11) is 0. The van der Waals surface area contributed by atoms with Gasteiger partial charge in [-0.1, -0.05) is 60.0 Å². The van der Waals surface area contributed by atoms with Crippen molar-refractivity contribution >= 4 is 15.9 Å². The summed E-state index contributed by atoms with van der Waals surface area (Å²) in [5, 5.41) is 1.02. The minimum absolute atomic E-state index is 0.989. The van der Waals surface area contributed by atoms with Gasteiger partial charge in [0.1, 0.15) is 0 Å². The van der Waals surface area contributed by atoms with Crippen LogP contribution >= 0.6 is 15.9 Å². The Morgan fingerprint density at radius 2 is 1.65 bits per heavy atom. The lowest BCUT2D eigenvalue weighted by molar-refractivity contribution is 0.728. The molecule has 0 rings (SSSR count). The van der Waals surface area contributed by atoms with Crippen LogP contribution in [-0.2, 0) is 0 Å². The monoisotopic (exact) mass is 296 g/mol. The molecule has 0 fully saturated rings. The molecule has 17 heavy (non-hydrogen) atoms. The summed E-state index contributed by atoms with van der Waals surface area (Å²) in [4.78, 5) is 0. The first-order valence-corrected chi connectivity index (χ1v) is 7.79. The minimum Gasteiger partial charge on any atom is -0.129 e. The average molecular weight is 297 g/mol. The van der Waals surface area contributed by atoms with Crippen molar-refractivity contribution in [3.05, 3.63) is 42.2 Å². The van der Waals surface area contributed by atoms with E-state index >= 15 is 0 Å². The van der Waals surface area contributed by atoms with Crippen molar-refractivity contribution in [3.8, 4) is 0 Å². The van der Waals surface area contributed by atoms with Crippen LogP contribution in [0.5, 0.6) is 0 Å². The van der Waals surface area contributed by atoms with E-state index in [-0.39, 0.29) is 0 Å². The van der Waals surface area contributed by atoms with Crippen LogP contribution < -0.4 is 0 Å². The Labute approximate surface area is 115 Å². The van der Waals surface area contributed by atoms with Gasteiger partial charge < -0.3 is 0 Å². The van der Waals surface area contributed by atoms with Crippen LogP contribution in [0, 0.1) is 0 Å². The fourth-order valence-corrected chi connectivity index (χ4v) is 1.58. The van der Waals surface area contributed by atoms with E-state index in [1.807, 2.05) is 0 Å². The zero-order valence-electron chi connectivity index (χ0n) is 11.0. The Balaban J connectivity index is 3.38. The Morgan fingerprint density at radius 1 is 0.882 bits per heavy atom.